The second-order valence-corrected chi connectivity index (χ2v) is 4.45. The van der Waals surface area contributed by atoms with E-state index in [1.165, 1.54) is 6.26 Å². The van der Waals surface area contributed by atoms with Crippen LogP contribution in [0.4, 0.5) is 10.5 Å². The highest BCUT2D eigenvalue weighted by molar-refractivity contribution is 6.05. The third-order valence-corrected chi connectivity index (χ3v) is 3.02. The smallest absolute Gasteiger partial charge is 0.322 e. The van der Waals surface area contributed by atoms with Crippen LogP contribution in [0.5, 0.6) is 0 Å². The summed E-state index contributed by atoms with van der Waals surface area (Å²) in [7, 11) is 0. The first-order chi connectivity index (χ1) is 10.1. The van der Waals surface area contributed by atoms with E-state index in [1.54, 1.807) is 36.4 Å². The van der Waals surface area contributed by atoms with E-state index in [-0.39, 0.29) is 11.7 Å². The quantitative estimate of drug-likeness (QED) is 0.742. The number of benzene rings is 1. The number of furan rings is 1. The topological polar surface area (TPSA) is 100 Å². The summed E-state index contributed by atoms with van der Waals surface area (Å²) in [5.41, 5.74) is 1.19. The van der Waals surface area contributed by atoms with Crippen molar-refractivity contribution >= 4 is 23.5 Å². The molecule has 1 aromatic carbocycles. The first-order valence-electron chi connectivity index (χ1n) is 6.19. The van der Waals surface area contributed by atoms with E-state index in [2.05, 4.69) is 16.0 Å². The fraction of sp³-hybridized carbons (Fsp3) is 0.0714. The molecule has 0 bridgehead atoms. The van der Waals surface area contributed by atoms with Gasteiger partial charge in [-0.2, -0.15) is 0 Å². The number of hydrogen-bond acceptors (Lipinski definition) is 4. The van der Waals surface area contributed by atoms with Crippen molar-refractivity contribution in [1.29, 1.82) is 0 Å². The molecule has 1 aromatic heterocycles. The van der Waals surface area contributed by atoms with Crippen molar-refractivity contribution in [3.63, 3.8) is 0 Å². The molecule has 7 nitrogen and oxygen atoms in total. The van der Waals surface area contributed by atoms with Crippen LogP contribution in [0.3, 0.4) is 0 Å². The van der Waals surface area contributed by atoms with Gasteiger partial charge in [-0.05, 0) is 29.8 Å². The summed E-state index contributed by atoms with van der Waals surface area (Å²) in [5.74, 6) is -0.548. The third-order valence-electron chi connectivity index (χ3n) is 3.02. The number of anilines is 1. The molecule has 0 saturated carbocycles. The summed E-state index contributed by atoms with van der Waals surface area (Å²) in [6.07, 6.45) is 1.42. The van der Waals surface area contributed by atoms with Gasteiger partial charge in [-0.1, -0.05) is 12.1 Å². The maximum atomic E-state index is 11.8. The van der Waals surface area contributed by atoms with Crippen molar-refractivity contribution in [3.8, 4) is 0 Å². The minimum absolute atomic E-state index is 0.210. The van der Waals surface area contributed by atoms with Crippen LogP contribution in [0.1, 0.15) is 22.2 Å². The number of nitrogens with one attached hydrogen (secondary N) is 3. The Bertz CT molecular complexity index is 692. The van der Waals surface area contributed by atoms with Gasteiger partial charge in [0, 0.05) is 5.69 Å². The average molecular weight is 285 g/mol. The van der Waals surface area contributed by atoms with Gasteiger partial charge in [-0.15, -0.1) is 0 Å². The van der Waals surface area contributed by atoms with E-state index >= 15 is 0 Å². The molecule has 1 fully saturated rings. The normalized spacial score (nSPS) is 17.2. The summed E-state index contributed by atoms with van der Waals surface area (Å²) >= 11 is 0. The molecule has 3 N–H and O–H groups in total. The number of rotatable bonds is 3. The lowest BCUT2D eigenvalue weighted by molar-refractivity contribution is -0.120. The number of carbonyl (C=O) groups is 3. The lowest BCUT2D eigenvalue weighted by atomic mass is 10.1. The Labute approximate surface area is 119 Å². The first kappa shape index (κ1) is 12.9. The molecule has 3 rings (SSSR count). The molecule has 1 aliphatic rings. The van der Waals surface area contributed by atoms with Crippen LogP contribution in [0.2, 0.25) is 0 Å². The number of imide groups is 1. The highest BCUT2D eigenvalue weighted by atomic mass is 16.3. The van der Waals surface area contributed by atoms with Gasteiger partial charge < -0.3 is 15.1 Å². The lowest BCUT2D eigenvalue weighted by Gasteiger charge is -2.09. The fourth-order valence-electron chi connectivity index (χ4n) is 2.01. The Morgan fingerprint density at radius 3 is 2.48 bits per heavy atom. The molecule has 2 aromatic rings. The third kappa shape index (κ3) is 2.62. The zero-order valence-electron chi connectivity index (χ0n) is 10.8. The van der Waals surface area contributed by atoms with Crippen LogP contribution in [0, 0.1) is 0 Å². The predicted octanol–water partition coefficient (Wildman–Crippen LogP) is 1.41. The highest BCUT2D eigenvalue weighted by Crippen LogP contribution is 2.19. The molecule has 1 saturated heterocycles. The van der Waals surface area contributed by atoms with Gasteiger partial charge in [-0.25, -0.2) is 4.79 Å². The minimum Gasteiger partial charge on any atom is -0.459 e. The predicted molar refractivity (Wildman–Crippen MR) is 72.5 cm³/mol. The zero-order chi connectivity index (χ0) is 14.8. The Hall–Kier alpha value is -3.09. The van der Waals surface area contributed by atoms with Crippen molar-refractivity contribution in [2.45, 2.75) is 6.04 Å². The van der Waals surface area contributed by atoms with Crippen molar-refractivity contribution in [2.75, 3.05) is 5.32 Å². The van der Waals surface area contributed by atoms with Crippen molar-refractivity contribution < 1.29 is 18.8 Å². The fourth-order valence-corrected chi connectivity index (χ4v) is 2.01. The summed E-state index contributed by atoms with van der Waals surface area (Å²) < 4.78 is 4.99. The Morgan fingerprint density at radius 1 is 1.14 bits per heavy atom. The molecule has 0 radical (unpaired) electrons. The summed E-state index contributed by atoms with van der Waals surface area (Å²) in [5, 5.41) is 7.32. The Kier molecular flexibility index (Phi) is 3.15. The molecule has 2 heterocycles. The molecule has 21 heavy (non-hydrogen) atoms. The summed E-state index contributed by atoms with van der Waals surface area (Å²) in [6, 6.07) is 8.58. The SMILES string of the molecule is O=C1NC(=O)C(c2ccc(NC(=O)c3ccco3)cc2)N1. The second-order valence-electron chi connectivity index (χ2n) is 4.45. The van der Waals surface area contributed by atoms with Gasteiger partial charge in [0.1, 0.15) is 6.04 Å². The van der Waals surface area contributed by atoms with E-state index < -0.39 is 18.0 Å². The maximum Gasteiger partial charge on any atom is 0.322 e. The average Bonchev–Trinajstić information content (AvgIpc) is 3.09. The first-order valence-corrected chi connectivity index (χ1v) is 6.19. The molecule has 7 heteroatoms. The molecule has 0 spiro atoms. The molecular weight excluding hydrogens is 274 g/mol. The molecule has 0 aliphatic carbocycles. The van der Waals surface area contributed by atoms with Crippen molar-refractivity contribution in [2.24, 2.45) is 0 Å². The standard InChI is InChI=1S/C14H11N3O4/c18-12(10-2-1-7-21-10)15-9-5-3-8(4-6-9)11-13(19)17-14(20)16-11/h1-7,11H,(H,15,18)(H2,16,17,19,20). The summed E-state index contributed by atoms with van der Waals surface area (Å²) in [4.78, 5) is 34.4. The van der Waals surface area contributed by atoms with Gasteiger partial charge in [0.05, 0.1) is 6.26 Å². The van der Waals surface area contributed by atoms with Gasteiger partial charge >= 0.3 is 6.03 Å². The van der Waals surface area contributed by atoms with E-state index in [1.807, 2.05) is 0 Å². The van der Waals surface area contributed by atoms with Crippen LogP contribution >= 0.6 is 0 Å². The Morgan fingerprint density at radius 2 is 1.90 bits per heavy atom. The summed E-state index contributed by atoms with van der Waals surface area (Å²) in [6.45, 7) is 0. The van der Waals surface area contributed by atoms with E-state index in [4.69, 9.17) is 4.42 Å². The number of carbonyl (C=O) groups excluding carboxylic acids is 3. The molecule has 1 atom stereocenters. The second kappa shape index (κ2) is 5.12. The molecule has 106 valence electrons. The Balaban J connectivity index is 1.71. The van der Waals surface area contributed by atoms with Crippen LogP contribution in [0.25, 0.3) is 0 Å². The molecule has 1 aliphatic heterocycles. The van der Waals surface area contributed by atoms with Crippen molar-refractivity contribution in [3.05, 3.63) is 54.0 Å². The molecule has 1 unspecified atom stereocenters. The van der Waals surface area contributed by atoms with E-state index in [0.29, 0.717) is 11.3 Å². The number of hydrogen-bond donors (Lipinski definition) is 3. The van der Waals surface area contributed by atoms with Gasteiger partial charge in [0.15, 0.2) is 5.76 Å². The van der Waals surface area contributed by atoms with Gasteiger partial charge in [0.2, 0.25) is 0 Å². The van der Waals surface area contributed by atoms with Crippen LogP contribution in [-0.2, 0) is 4.79 Å². The minimum atomic E-state index is -0.702. The van der Waals surface area contributed by atoms with Crippen LogP contribution in [-0.4, -0.2) is 17.8 Å². The van der Waals surface area contributed by atoms with Crippen molar-refractivity contribution in [1.82, 2.24) is 10.6 Å². The highest BCUT2D eigenvalue weighted by Gasteiger charge is 2.30. The van der Waals surface area contributed by atoms with Crippen LogP contribution in [0.15, 0.2) is 47.1 Å². The van der Waals surface area contributed by atoms with Gasteiger partial charge in [0.25, 0.3) is 11.8 Å². The number of amides is 4. The maximum absolute atomic E-state index is 11.8. The van der Waals surface area contributed by atoms with Gasteiger partial charge in [-0.3, -0.25) is 14.9 Å². The van der Waals surface area contributed by atoms with Crippen LogP contribution < -0.4 is 16.0 Å². The monoisotopic (exact) mass is 285 g/mol. The van der Waals surface area contributed by atoms with E-state index in [0.717, 1.165) is 0 Å². The molecular formula is C14H11N3O4. The van der Waals surface area contributed by atoms with E-state index in [9.17, 15) is 14.4 Å². The number of urea groups is 1. The zero-order valence-corrected chi connectivity index (χ0v) is 10.8. The largest absolute Gasteiger partial charge is 0.459 e. The molecule has 4 amide bonds. The lowest BCUT2D eigenvalue weighted by Crippen LogP contribution is -2.22.